The number of rotatable bonds is 4. The van der Waals surface area contributed by atoms with Crippen LogP contribution in [0.1, 0.15) is 29.7 Å². The van der Waals surface area contributed by atoms with E-state index in [-0.39, 0.29) is 51.4 Å². The first-order valence-corrected chi connectivity index (χ1v) is 14.1. The number of anilines is 1. The quantitative estimate of drug-likeness (QED) is 0.479. The van der Waals surface area contributed by atoms with Gasteiger partial charge in [0.15, 0.2) is 11.5 Å². The minimum absolute atomic E-state index is 0.00516. The van der Waals surface area contributed by atoms with Gasteiger partial charge in [0.25, 0.3) is 0 Å². The van der Waals surface area contributed by atoms with E-state index in [9.17, 15) is 23.9 Å². The predicted octanol–water partition coefficient (Wildman–Crippen LogP) is 4.36. The molecule has 10 heteroatoms. The highest BCUT2D eigenvalue weighted by molar-refractivity contribution is 8.00. The predicted molar refractivity (Wildman–Crippen MR) is 137 cm³/mol. The number of hydrogen-bond acceptors (Lipinski definition) is 7. The van der Waals surface area contributed by atoms with Crippen molar-refractivity contribution in [2.24, 2.45) is 29.6 Å². The molecular formula is C27H23FN2O5S2. The minimum Gasteiger partial charge on any atom is -0.504 e. The van der Waals surface area contributed by atoms with Gasteiger partial charge in [-0.15, -0.1) is 11.8 Å². The number of aromatic amines is 1. The van der Waals surface area contributed by atoms with Gasteiger partial charge in [0.05, 0.1) is 29.2 Å². The molecule has 7 rings (SSSR count). The van der Waals surface area contributed by atoms with Gasteiger partial charge in [0.2, 0.25) is 11.8 Å². The molecule has 1 aromatic heterocycles. The molecule has 1 saturated heterocycles. The summed E-state index contributed by atoms with van der Waals surface area (Å²) in [4.78, 5) is 44.8. The van der Waals surface area contributed by atoms with Crippen LogP contribution in [0.3, 0.4) is 0 Å². The second-order valence-corrected chi connectivity index (χ2v) is 12.3. The number of ether oxygens (including phenoxy) is 1. The molecular weight excluding hydrogens is 515 g/mol. The van der Waals surface area contributed by atoms with E-state index in [0.717, 1.165) is 21.9 Å². The van der Waals surface area contributed by atoms with Gasteiger partial charge in [-0.05, 0) is 73.1 Å². The van der Waals surface area contributed by atoms with Gasteiger partial charge in [0, 0.05) is 16.0 Å². The molecule has 2 aromatic carbocycles. The number of thioether (sulfide) groups is 1. The van der Waals surface area contributed by atoms with E-state index < -0.39 is 17.7 Å². The summed E-state index contributed by atoms with van der Waals surface area (Å²) < 4.78 is 19.2. The van der Waals surface area contributed by atoms with E-state index in [2.05, 4.69) is 4.98 Å². The van der Waals surface area contributed by atoms with Crippen molar-refractivity contribution in [2.75, 3.05) is 11.5 Å². The molecule has 37 heavy (non-hydrogen) atoms. The first-order valence-electron chi connectivity index (χ1n) is 12.4. The molecule has 2 amide bonds. The number of carbonyl (C=O) groups excluding carboxylic acids is 2. The van der Waals surface area contributed by atoms with Crippen LogP contribution in [0.5, 0.6) is 11.5 Å². The van der Waals surface area contributed by atoms with Gasteiger partial charge >= 0.3 is 4.87 Å². The number of phenolic OH excluding ortho intramolecular Hbond substituents is 1. The van der Waals surface area contributed by atoms with Crippen molar-refractivity contribution < 1.29 is 23.8 Å². The van der Waals surface area contributed by atoms with Crippen molar-refractivity contribution in [1.29, 1.82) is 0 Å². The Morgan fingerprint density at radius 1 is 1.08 bits per heavy atom. The van der Waals surface area contributed by atoms with Crippen LogP contribution in [0, 0.1) is 35.4 Å². The third-order valence-corrected chi connectivity index (χ3v) is 11.0. The number of hydrogen-bond donors (Lipinski definition) is 2. The molecule has 3 aromatic rings. The average Bonchev–Trinajstić information content (AvgIpc) is 3.60. The highest BCUT2D eigenvalue weighted by atomic mass is 32.2. The summed E-state index contributed by atoms with van der Waals surface area (Å²) in [7, 11) is 0. The zero-order chi connectivity index (χ0) is 25.6. The lowest BCUT2D eigenvalue weighted by Gasteiger charge is -2.43. The van der Waals surface area contributed by atoms with E-state index in [1.165, 1.54) is 40.5 Å². The van der Waals surface area contributed by atoms with E-state index >= 15 is 0 Å². The van der Waals surface area contributed by atoms with Crippen LogP contribution in [0.2, 0.25) is 0 Å². The largest absolute Gasteiger partial charge is 0.504 e. The fourth-order valence-electron chi connectivity index (χ4n) is 7.23. The number of carbonyl (C=O) groups is 2. The number of halogens is 1. The number of nitrogens with zero attached hydrogens (tertiary/aromatic N) is 1. The Kier molecular flexibility index (Phi) is 5.10. The van der Waals surface area contributed by atoms with E-state index in [0.29, 0.717) is 18.0 Å². The Bertz CT molecular complexity index is 1500. The molecule has 2 aliphatic heterocycles. The van der Waals surface area contributed by atoms with Crippen LogP contribution in [0.25, 0.3) is 0 Å². The van der Waals surface area contributed by atoms with Crippen molar-refractivity contribution in [3.05, 3.63) is 68.4 Å². The van der Waals surface area contributed by atoms with Crippen LogP contribution < -0.4 is 14.5 Å². The van der Waals surface area contributed by atoms with E-state index in [4.69, 9.17) is 4.74 Å². The second kappa shape index (κ2) is 8.19. The van der Waals surface area contributed by atoms with Crippen LogP contribution in [0.4, 0.5) is 10.1 Å². The molecule has 4 aliphatic rings. The first kappa shape index (κ1) is 23.0. The number of amides is 2. The number of phenols is 1. The van der Waals surface area contributed by atoms with E-state index in [1.54, 1.807) is 17.8 Å². The summed E-state index contributed by atoms with van der Waals surface area (Å²) in [6.07, 6.45) is 0.776. The van der Waals surface area contributed by atoms with Gasteiger partial charge in [-0.25, -0.2) is 4.39 Å². The minimum atomic E-state index is -0.437. The summed E-state index contributed by atoms with van der Waals surface area (Å²) in [5.41, 5.74) is 1.32. The van der Waals surface area contributed by atoms with Crippen LogP contribution in [-0.4, -0.2) is 33.8 Å². The molecule has 7 atom stereocenters. The Morgan fingerprint density at radius 3 is 2.54 bits per heavy atom. The van der Waals surface area contributed by atoms with Crippen LogP contribution in [-0.2, 0) is 9.59 Å². The molecule has 2 saturated carbocycles. The summed E-state index contributed by atoms with van der Waals surface area (Å²) in [5, 5.41) is 11.2. The Morgan fingerprint density at radius 2 is 1.81 bits per heavy atom. The SMILES string of the molecule is CCOc1cc([C@H]2c3sc(=O)[nH]c3SC3C4CC(C5C(=O)N(c6ccc(F)cc6)C(=O)C45)C32)ccc1O. The maximum Gasteiger partial charge on any atom is 0.305 e. The lowest BCUT2D eigenvalue weighted by molar-refractivity contribution is -0.123. The van der Waals surface area contributed by atoms with Gasteiger partial charge < -0.3 is 14.8 Å². The average molecular weight is 539 g/mol. The third kappa shape index (κ3) is 3.21. The molecule has 190 valence electrons. The molecule has 0 spiro atoms. The molecule has 7 nitrogen and oxygen atoms in total. The summed E-state index contributed by atoms with van der Waals surface area (Å²) in [6, 6.07) is 10.8. The van der Waals surface area contributed by atoms with Gasteiger partial charge in [-0.2, -0.15) is 0 Å². The molecule has 2 bridgehead atoms. The first-order chi connectivity index (χ1) is 17.9. The van der Waals surface area contributed by atoms with Crippen LogP contribution >= 0.6 is 23.1 Å². The second-order valence-electron chi connectivity index (χ2n) is 10.1. The van der Waals surface area contributed by atoms with Gasteiger partial charge in [0.1, 0.15) is 5.82 Å². The molecule has 0 radical (unpaired) electrons. The Labute approximate surface area is 219 Å². The molecule has 2 aliphatic carbocycles. The maximum atomic E-state index is 13.7. The Balaban J connectivity index is 1.32. The summed E-state index contributed by atoms with van der Waals surface area (Å²) in [6.45, 7) is 2.25. The maximum absolute atomic E-state index is 13.7. The van der Waals surface area contributed by atoms with Crippen molar-refractivity contribution in [3.8, 4) is 11.5 Å². The number of nitrogens with one attached hydrogen (secondary N) is 1. The summed E-state index contributed by atoms with van der Waals surface area (Å²) in [5.74, 6) is -1.43. The molecule has 3 fully saturated rings. The van der Waals surface area contributed by atoms with Crippen molar-refractivity contribution in [3.63, 3.8) is 0 Å². The smallest absolute Gasteiger partial charge is 0.305 e. The standard InChI is InChI=1S/C27H23FN2O5S2/c1-2-35-17-9-11(3-8-16(17)31)18-19-14-10-15(22(19)36-24-23(18)37-27(34)29-24)21-20(14)25(32)30(26(21)33)13-6-4-12(28)5-7-13/h3-9,14-15,18-22,31H,2,10H2,1H3,(H,29,34)/t14?,15?,18-,19?,20?,21?,22?/m1/s1. The number of benzene rings is 2. The fourth-order valence-corrected chi connectivity index (χ4v) is 10.1. The molecule has 2 N–H and O–H groups in total. The van der Waals surface area contributed by atoms with Crippen molar-refractivity contribution in [2.45, 2.75) is 29.5 Å². The number of aromatic nitrogens is 1. The number of thiazole rings is 1. The number of H-pyrrole nitrogens is 1. The highest BCUT2D eigenvalue weighted by Crippen LogP contribution is 2.68. The van der Waals surface area contributed by atoms with Crippen LogP contribution in [0.15, 0.2) is 52.3 Å². The molecule has 3 heterocycles. The summed E-state index contributed by atoms with van der Waals surface area (Å²) >= 11 is 2.81. The number of aromatic hydroxyl groups is 1. The lowest BCUT2D eigenvalue weighted by Crippen LogP contribution is -2.42. The zero-order valence-corrected chi connectivity index (χ0v) is 21.4. The van der Waals surface area contributed by atoms with Crippen molar-refractivity contribution in [1.82, 2.24) is 4.98 Å². The third-order valence-electron chi connectivity index (χ3n) is 8.45. The van der Waals surface area contributed by atoms with Gasteiger partial charge in [-0.3, -0.25) is 19.3 Å². The Hall–Kier alpha value is -3.11. The fraction of sp³-hybridized carbons (Fsp3) is 0.370. The zero-order valence-electron chi connectivity index (χ0n) is 19.7. The van der Waals surface area contributed by atoms with Crippen molar-refractivity contribution >= 4 is 40.6 Å². The number of fused-ring (bicyclic) bond motifs is 9. The normalized spacial score (nSPS) is 31.4. The van der Waals surface area contributed by atoms with Gasteiger partial charge in [-0.1, -0.05) is 17.4 Å². The topological polar surface area (TPSA) is 99.7 Å². The highest BCUT2D eigenvalue weighted by Gasteiger charge is 2.69. The molecule has 6 unspecified atom stereocenters. The monoisotopic (exact) mass is 538 g/mol. The number of imide groups is 1. The lowest BCUT2D eigenvalue weighted by atomic mass is 9.68. The van der Waals surface area contributed by atoms with E-state index in [1.807, 2.05) is 19.1 Å².